The lowest BCUT2D eigenvalue weighted by Crippen LogP contribution is -2.51. The van der Waals surface area contributed by atoms with E-state index in [1.807, 2.05) is 0 Å². The third-order valence-electron chi connectivity index (χ3n) is 5.96. The molecule has 6 nitrogen and oxygen atoms in total. The van der Waals surface area contributed by atoms with Crippen molar-refractivity contribution in [2.75, 3.05) is 52.4 Å². The van der Waals surface area contributed by atoms with E-state index in [0.717, 1.165) is 64.8 Å². The van der Waals surface area contributed by atoms with E-state index in [-0.39, 0.29) is 12.0 Å². The smallest absolute Gasteiger partial charge is 0.234 e. The van der Waals surface area contributed by atoms with Crippen LogP contribution >= 0.6 is 0 Å². The van der Waals surface area contributed by atoms with E-state index >= 15 is 0 Å². The summed E-state index contributed by atoms with van der Waals surface area (Å²) >= 11 is 0. The summed E-state index contributed by atoms with van der Waals surface area (Å²) in [6.07, 6.45) is 5.06. The molecule has 2 atom stereocenters. The fourth-order valence-corrected chi connectivity index (χ4v) is 4.25. The van der Waals surface area contributed by atoms with Crippen LogP contribution in [0.15, 0.2) is 24.3 Å². The van der Waals surface area contributed by atoms with Gasteiger partial charge in [-0.1, -0.05) is 37.6 Å². The van der Waals surface area contributed by atoms with Crippen molar-refractivity contribution in [1.29, 1.82) is 0 Å². The zero-order valence-electron chi connectivity index (χ0n) is 17.8. The molecular weight excluding hydrogens is 366 g/mol. The number of benzene rings is 1. The minimum absolute atomic E-state index is 0.109. The average molecular weight is 404 g/mol. The van der Waals surface area contributed by atoms with Crippen LogP contribution < -0.4 is 5.32 Å². The number of fused-ring (bicyclic) bond motifs is 1. The van der Waals surface area contributed by atoms with Gasteiger partial charge in [0.1, 0.15) is 0 Å². The molecule has 29 heavy (non-hydrogen) atoms. The van der Waals surface area contributed by atoms with Gasteiger partial charge in [0.25, 0.3) is 0 Å². The molecule has 1 aromatic carbocycles. The highest BCUT2D eigenvalue weighted by molar-refractivity contribution is 5.77. The fraction of sp³-hybridized carbons (Fsp3) is 0.696. The number of carbonyl (C=O) groups excluding carboxylic acids is 1. The minimum atomic E-state index is -0.479. The van der Waals surface area contributed by atoms with Crippen molar-refractivity contribution in [2.45, 2.75) is 51.2 Å². The Morgan fingerprint density at radius 1 is 1.24 bits per heavy atom. The summed E-state index contributed by atoms with van der Waals surface area (Å²) in [6.45, 7) is 7.87. The van der Waals surface area contributed by atoms with Gasteiger partial charge in [0.05, 0.1) is 25.4 Å². The third kappa shape index (κ3) is 7.07. The Labute approximate surface area is 175 Å². The summed E-state index contributed by atoms with van der Waals surface area (Å²) in [5.74, 6) is 0.119. The van der Waals surface area contributed by atoms with Gasteiger partial charge in [0.2, 0.25) is 5.91 Å². The topological polar surface area (TPSA) is 65.0 Å². The SMILES string of the molecule is CCCCNC(=O)CN1CCN(C[C@H](O)CO[C@@H]2CCCc3ccccc32)CC1. The number of aryl methyl sites for hydroxylation is 1. The Kier molecular flexibility index (Phi) is 8.92. The molecule has 2 aliphatic rings. The summed E-state index contributed by atoms with van der Waals surface area (Å²) < 4.78 is 6.09. The van der Waals surface area contributed by atoms with Crippen molar-refractivity contribution in [2.24, 2.45) is 0 Å². The largest absolute Gasteiger partial charge is 0.389 e. The van der Waals surface area contributed by atoms with Crippen LogP contribution in [-0.2, 0) is 16.0 Å². The predicted octanol–water partition coefficient (Wildman–Crippen LogP) is 1.98. The molecule has 0 saturated carbocycles. The van der Waals surface area contributed by atoms with E-state index in [4.69, 9.17) is 4.74 Å². The maximum Gasteiger partial charge on any atom is 0.234 e. The van der Waals surface area contributed by atoms with Gasteiger partial charge in [-0.3, -0.25) is 14.6 Å². The van der Waals surface area contributed by atoms with E-state index in [1.165, 1.54) is 11.1 Å². The number of hydrogen-bond acceptors (Lipinski definition) is 5. The summed E-state index contributed by atoms with van der Waals surface area (Å²) in [5, 5.41) is 13.4. The molecule has 1 aliphatic carbocycles. The number of aliphatic hydroxyl groups is 1. The summed E-state index contributed by atoms with van der Waals surface area (Å²) in [6, 6.07) is 8.50. The molecule has 162 valence electrons. The molecular formula is C23H37N3O3. The van der Waals surface area contributed by atoms with Crippen LogP contribution in [0.5, 0.6) is 0 Å². The molecule has 0 aromatic heterocycles. The van der Waals surface area contributed by atoms with Gasteiger partial charge < -0.3 is 15.2 Å². The van der Waals surface area contributed by atoms with Crippen LogP contribution in [0.25, 0.3) is 0 Å². The second-order valence-corrected chi connectivity index (χ2v) is 8.35. The van der Waals surface area contributed by atoms with E-state index in [2.05, 4.69) is 46.3 Å². The van der Waals surface area contributed by atoms with E-state index in [0.29, 0.717) is 19.7 Å². The Morgan fingerprint density at radius 2 is 2.00 bits per heavy atom. The first-order valence-corrected chi connectivity index (χ1v) is 11.2. The van der Waals surface area contributed by atoms with Crippen LogP contribution in [0.4, 0.5) is 0 Å². The van der Waals surface area contributed by atoms with Crippen molar-refractivity contribution < 1.29 is 14.6 Å². The molecule has 3 rings (SSSR count). The summed E-state index contributed by atoms with van der Waals surface area (Å²) in [5.41, 5.74) is 2.67. The van der Waals surface area contributed by atoms with Gasteiger partial charge in [0.15, 0.2) is 0 Å². The lowest BCUT2D eigenvalue weighted by atomic mass is 9.89. The zero-order valence-corrected chi connectivity index (χ0v) is 17.8. The molecule has 6 heteroatoms. The van der Waals surface area contributed by atoms with Crippen molar-refractivity contribution in [3.05, 3.63) is 35.4 Å². The van der Waals surface area contributed by atoms with E-state index in [1.54, 1.807) is 0 Å². The molecule has 1 saturated heterocycles. The minimum Gasteiger partial charge on any atom is -0.389 e. The first-order valence-electron chi connectivity index (χ1n) is 11.2. The van der Waals surface area contributed by atoms with Crippen LogP contribution in [0.2, 0.25) is 0 Å². The van der Waals surface area contributed by atoms with Crippen LogP contribution in [-0.4, -0.2) is 79.3 Å². The highest BCUT2D eigenvalue weighted by atomic mass is 16.5. The van der Waals surface area contributed by atoms with Crippen LogP contribution in [0, 0.1) is 0 Å². The fourth-order valence-electron chi connectivity index (χ4n) is 4.25. The van der Waals surface area contributed by atoms with Crippen LogP contribution in [0.3, 0.4) is 0 Å². The lowest BCUT2D eigenvalue weighted by molar-refractivity contribution is -0.122. The number of carbonyl (C=O) groups is 1. The molecule has 1 aliphatic heterocycles. The monoisotopic (exact) mass is 403 g/mol. The van der Waals surface area contributed by atoms with Crippen LogP contribution in [0.1, 0.15) is 49.8 Å². The van der Waals surface area contributed by atoms with Gasteiger partial charge in [-0.25, -0.2) is 0 Å². The number of unbranched alkanes of at least 4 members (excludes halogenated alkanes) is 1. The molecule has 0 spiro atoms. The zero-order chi connectivity index (χ0) is 20.5. The second-order valence-electron chi connectivity index (χ2n) is 8.35. The molecule has 1 amide bonds. The summed E-state index contributed by atoms with van der Waals surface area (Å²) in [7, 11) is 0. The number of β-amino-alcohol motifs (C(OH)–C–C–N with tert-alkyl or cyclic N) is 1. The predicted molar refractivity (Wildman–Crippen MR) is 115 cm³/mol. The molecule has 0 bridgehead atoms. The van der Waals surface area contributed by atoms with Crippen molar-refractivity contribution in [3.63, 3.8) is 0 Å². The maximum atomic E-state index is 11.9. The number of hydrogen-bond donors (Lipinski definition) is 2. The highest BCUT2D eigenvalue weighted by Crippen LogP contribution is 2.32. The quantitative estimate of drug-likeness (QED) is 0.585. The van der Waals surface area contributed by atoms with Gasteiger partial charge in [-0.15, -0.1) is 0 Å². The van der Waals surface area contributed by atoms with E-state index in [9.17, 15) is 9.90 Å². The number of ether oxygens (including phenoxy) is 1. The van der Waals surface area contributed by atoms with Crippen molar-refractivity contribution in [1.82, 2.24) is 15.1 Å². The average Bonchev–Trinajstić information content (AvgIpc) is 2.74. The lowest BCUT2D eigenvalue weighted by Gasteiger charge is -2.35. The van der Waals surface area contributed by atoms with E-state index < -0.39 is 6.10 Å². The Hall–Kier alpha value is -1.47. The number of piperazine rings is 1. The Balaban J connectivity index is 1.33. The number of rotatable bonds is 10. The normalized spacial score (nSPS) is 21.5. The standard InChI is InChI=1S/C23H37N3O3/c1-2-3-11-24-23(28)17-26-14-12-25(13-15-26)16-20(27)18-29-22-10-6-8-19-7-4-5-9-21(19)22/h4-5,7,9,20,22,27H,2-3,6,8,10-18H2,1H3,(H,24,28)/t20-,22+/m0/s1. The van der Waals surface area contributed by atoms with Gasteiger partial charge >= 0.3 is 0 Å². The molecule has 0 unspecified atom stereocenters. The van der Waals surface area contributed by atoms with Crippen molar-refractivity contribution >= 4 is 5.91 Å². The molecule has 2 N–H and O–H groups in total. The molecule has 1 aromatic rings. The Morgan fingerprint density at radius 3 is 2.79 bits per heavy atom. The first kappa shape index (κ1) is 22.2. The number of nitrogens with one attached hydrogen (secondary N) is 1. The van der Waals surface area contributed by atoms with Gasteiger partial charge in [0, 0.05) is 39.3 Å². The first-order chi connectivity index (χ1) is 14.2. The number of amides is 1. The number of nitrogens with zero attached hydrogens (tertiary/aromatic N) is 2. The summed E-state index contributed by atoms with van der Waals surface area (Å²) in [4.78, 5) is 16.4. The van der Waals surface area contributed by atoms with Crippen molar-refractivity contribution in [3.8, 4) is 0 Å². The highest BCUT2D eigenvalue weighted by Gasteiger charge is 2.23. The van der Waals surface area contributed by atoms with Gasteiger partial charge in [-0.05, 0) is 36.8 Å². The number of aliphatic hydroxyl groups excluding tert-OH is 1. The van der Waals surface area contributed by atoms with Gasteiger partial charge in [-0.2, -0.15) is 0 Å². The molecule has 0 radical (unpaired) electrons. The maximum absolute atomic E-state index is 11.9. The molecule has 1 fully saturated rings. The second kappa shape index (κ2) is 11.6. The third-order valence-corrected chi connectivity index (χ3v) is 5.96. The Bertz CT molecular complexity index is 632. The molecule has 1 heterocycles.